The Kier molecular flexibility index (Phi) is 2.08. The molecule has 2 N–H and O–H groups in total. The molecule has 1 aliphatic carbocycles. The van der Waals surface area contributed by atoms with Gasteiger partial charge in [-0.2, -0.15) is 0 Å². The second-order valence-corrected chi connectivity index (χ2v) is 5.22. The Hall–Kier alpha value is -1.71. The van der Waals surface area contributed by atoms with E-state index in [-0.39, 0.29) is 0 Å². The second kappa shape index (κ2) is 3.39. The molecule has 4 heteroatoms. The van der Waals surface area contributed by atoms with E-state index >= 15 is 0 Å². The van der Waals surface area contributed by atoms with Crippen LogP contribution in [0.25, 0.3) is 0 Å². The van der Waals surface area contributed by atoms with E-state index in [1.807, 2.05) is 13.1 Å². The highest BCUT2D eigenvalue weighted by molar-refractivity contribution is 5.98. The van der Waals surface area contributed by atoms with Gasteiger partial charge in [-0.25, -0.2) is 4.79 Å². The van der Waals surface area contributed by atoms with Crippen LogP contribution in [0, 0.1) is 5.41 Å². The molecule has 1 aromatic carbocycles. The summed E-state index contributed by atoms with van der Waals surface area (Å²) in [6.45, 7) is 1.89. The molecule has 0 aromatic heterocycles. The molecule has 17 heavy (non-hydrogen) atoms. The maximum atomic E-state index is 11.3. The van der Waals surface area contributed by atoms with Crippen molar-refractivity contribution in [3.05, 3.63) is 23.8 Å². The highest BCUT2D eigenvalue weighted by Gasteiger charge is 2.45. The van der Waals surface area contributed by atoms with Gasteiger partial charge in [0, 0.05) is 25.6 Å². The summed E-state index contributed by atoms with van der Waals surface area (Å²) in [5, 5.41) is 12.6. The normalized spacial score (nSPS) is 20.4. The van der Waals surface area contributed by atoms with Crippen LogP contribution >= 0.6 is 0 Å². The standard InChI is InChI=1S/C13H16N2O2/c1-15-8-13(5-6-13)7-14-10-4-2-3-9(11(10)15)12(16)17/h2-4,14H,5-8H2,1H3,(H,16,17). The van der Waals surface area contributed by atoms with Crippen LogP contribution in [-0.4, -0.2) is 31.2 Å². The Balaban J connectivity index is 2.07. The Labute approximate surface area is 100 Å². The third kappa shape index (κ3) is 1.64. The fourth-order valence-electron chi connectivity index (χ4n) is 2.70. The molecular weight excluding hydrogens is 216 g/mol. The first kappa shape index (κ1) is 10.4. The number of nitrogens with one attached hydrogen (secondary N) is 1. The summed E-state index contributed by atoms with van der Waals surface area (Å²) >= 11 is 0. The van der Waals surface area contributed by atoms with Crippen molar-refractivity contribution in [3.8, 4) is 0 Å². The van der Waals surface area contributed by atoms with Crippen LogP contribution in [0.4, 0.5) is 11.4 Å². The summed E-state index contributed by atoms with van der Waals surface area (Å²) in [5.74, 6) is -0.859. The number of carboxylic acid groups (broad SMARTS) is 1. The van der Waals surface area contributed by atoms with E-state index in [0.29, 0.717) is 11.0 Å². The van der Waals surface area contributed by atoms with Crippen LogP contribution in [0.1, 0.15) is 23.2 Å². The van der Waals surface area contributed by atoms with E-state index in [2.05, 4.69) is 10.2 Å². The van der Waals surface area contributed by atoms with Gasteiger partial charge in [-0.3, -0.25) is 0 Å². The average molecular weight is 232 g/mol. The number of para-hydroxylation sites is 1. The van der Waals surface area contributed by atoms with E-state index in [9.17, 15) is 9.90 Å². The van der Waals surface area contributed by atoms with Crippen LogP contribution in [-0.2, 0) is 0 Å². The van der Waals surface area contributed by atoms with Crippen molar-refractivity contribution in [2.75, 3.05) is 30.4 Å². The minimum Gasteiger partial charge on any atom is -0.478 e. The molecular formula is C13H16N2O2. The van der Waals surface area contributed by atoms with Crippen molar-refractivity contribution in [3.63, 3.8) is 0 Å². The molecule has 0 amide bonds. The molecule has 2 aliphatic rings. The fourth-order valence-corrected chi connectivity index (χ4v) is 2.70. The SMILES string of the molecule is CN1CC2(CC2)CNc2cccc(C(=O)O)c21. The number of fused-ring (bicyclic) bond motifs is 1. The minimum atomic E-state index is -0.859. The number of anilines is 2. The Morgan fingerprint density at radius 1 is 1.47 bits per heavy atom. The number of rotatable bonds is 1. The van der Waals surface area contributed by atoms with Crippen molar-refractivity contribution in [1.29, 1.82) is 0 Å². The molecule has 1 spiro atoms. The quantitative estimate of drug-likeness (QED) is 0.778. The van der Waals surface area contributed by atoms with Crippen LogP contribution < -0.4 is 10.2 Å². The van der Waals surface area contributed by atoms with Crippen LogP contribution in [0.5, 0.6) is 0 Å². The molecule has 90 valence electrons. The summed E-state index contributed by atoms with van der Waals surface area (Å²) < 4.78 is 0. The highest BCUT2D eigenvalue weighted by atomic mass is 16.4. The van der Waals surface area contributed by atoms with E-state index in [1.54, 1.807) is 12.1 Å². The summed E-state index contributed by atoms with van der Waals surface area (Å²) in [6, 6.07) is 5.43. The van der Waals surface area contributed by atoms with Gasteiger partial charge in [0.2, 0.25) is 0 Å². The topological polar surface area (TPSA) is 52.6 Å². The third-order valence-corrected chi connectivity index (χ3v) is 3.83. The van der Waals surface area contributed by atoms with E-state index in [1.165, 1.54) is 12.8 Å². The maximum Gasteiger partial charge on any atom is 0.337 e. The van der Waals surface area contributed by atoms with Crippen molar-refractivity contribution in [1.82, 2.24) is 0 Å². The molecule has 0 atom stereocenters. The van der Waals surface area contributed by atoms with E-state index in [0.717, 1.165) is 24.5 Å². The first-order valence-corrected chi connectivity index (χ1v) is 5.93. The minimum absolute atomic E-state index is 0.365. The van der Waals surface area contributed by atoms with Crippen molar-refractivity contribution in [2.24, 2.45) is 5.41 Å². The van der Waals surface area contributed by atoms with Gasteiger partial charge in [0.05, 0.1) is 16.9 Å². The lowest BCUT2D eigenvalue weighted by molar-refractivity contribution is 0.0697. The zero-order chi connectivity index (χ0) is 12.0. The summed E-state index contributed by atoms with van der Waals surface area (Å²) in [7, 11) is 1.98. The first-order valence-electron chi connectivity index (χ1n) is 5.93. The lowest BCUT2D eigenvalue weighted by atomic mass is 10.1. The Bertz CT molecular complexity index is 480. The molecule has 0 radical (unpaired) electrons. The van der Waals surface area contributed by atoms with Gasteiger partial charge in [-0.15, -0.1) is 0 Å². The summed E-state index contributed by atoms with van der Waals surface area (Å²) in [5.41, 5.74) is 2.51. The summed E-state index contributed by atoms with van der Waals surface area (Å²) in [6.07, 6.45) is 2.47. The predicted molar refractivity (Wildman–Crippen MR) is 66.8 cm³/mol. The summed E-state index contributed by atoms with van der Waals surface area (Å²) in [4.78, 5) is 13.3. The Morgan fingerprint density at radius 2 is 2.24 bits per heavy atom. The molecule has 3 rings (SSSR count). The average Bonchev–Trinajstić information content (AvgIpc) is 3.07. The van der Waals surface area contributed by atoms with Crippen molar-refractivity contribution in [2.45, 2.75) is 12.8 Å². The van der Waals surface area contributed by atoms with Crippen molar-refractivity contribution < 1.29 is 9.90 Å². The van der Waals surface area contributed by atoms with Crippen LogP contribution in [0.3, 0.4) is 0 Å². The third-order valence-electron chi connectivity index (χ3n) is 3.83. The molecule has 1 aromatic rings. The Morgan fingerprint density at radius 3 is 2.88 bits per heavy atom. The van der Waals surface area contributed by atoms with Gasteiger partial charge >= 0.3 is 5.97 Å². The maximum absolute atomic E-state index is 11.3. The van der Waals surface area contributed by atoms with Gasteiger partial charge in [0.1, 0.15) is 0 Å². The number of hydrogen-bond donors (Lipinski definition) is 2. The predicted octanol–water partition coefficient (Wildman–Crippen LogP) is 2.03. The van der Waals surface area contributed by atoms with Crippen LogP contribution in [0.2, 0.25) is 0 Å². The number of nitrogens with zero attached hydrogens (tertiary/aromatic N) is 1. The highest BCUT2D eigenvalue weighted by Crippen LogP contribution is 2.49. The van der Waals surface area contributed by atoms with Gasteiger partial charge < -0.3 is 15.3 Å². The fraction of sp³-hybridized carbons (Fsp3) is 0.462. The van der Waals surface area contributed by atoms with Gasteiger partial charge in [0.25, 0.3) is 0 Å². The number of aromatic carboxylic acids is 1. The first-order chi connectivity index (χ1) is 8.11. The smallest absolute Gasteiger partial charge is 0.337 e. The van der Waals surface area contributed by atoms with Crippen LogP contribution in [0.15, 0.2) is 18.2 Å². The zero-order valence-corrected chi connectivity index (χ0v) is 9.86. The van der Waals surface area contributed by atoms with E-state index in [4.69, 9.17) is 0 Å². The van der Waals surface area contributed by atoms with Gasteiger partial charge in [0.15, 0.2) is 0 Å². The zero-order valence-electron chi connectivity index (χ0n) is 9.86. The molecule has 0 unspecified atom stereocenters. The molecule has 1 heterocycles. The molecule has 1 fully saturated rings. The second-order valence-electron chi connectivity index (χ2n) is 5.22. The molecule has 0 saturated heterocycles. The number of carboxylic acids is 1. The molecule has 0 bridgehead atoms. The van der Waals surface area contributed by atoms with E-state index < -0.39 is 5.97 Å². The molecule has 1 aliphatic heterocycles. The molecule has 4 nitrogen and oxygen atoms in total. The van der Waals surface area contributed by atoms with Gasteiger partial charge in [-0.1, -0.05) is 6.07 Å². The lowest BCUT2D eigenvalue weighted by Crippen LogP contribution is -2.28. The van der Waals surface area contributed by atoms with Gasteiger partial charge in [-0.05, 0) is 25.0 Å². The lowest BCUT2D eigenvalue weighted by Gasteiger charge is -2.23. The van der Waals surface area contributed by atoms with Crippen molar-refractivity contribution >= 4 is 17.3 Å². The largest absolute Gasteiger partial charge is 0.478 e. The molecule has 1 saturated carbocycles. The number of carbonyl (C=O) groups is 1. The monoisotopic (exact) mass is 232 g/mol. The number of benzene rings is 1. The number of hydrogen-bond acceptors (Lipinski definition) is 3.